The van der Waals surface area contributed by atoms with Crippen molar-refractivity contribution in [2.45, 2.75) is 5.92 Å². The van der Waals surface area contributed by atoms with Gasteiger partial charge in [-0.3, -0.25) is 0 Å². The van der Waals surface area contributed by atoms with E-state index in [9.17, 15) is 0 Å². The van der Waals surface area contributed by atoms with Gasteiger partial charge < -0.3 is 0 Å². The van der Waals surface area contributed by atoms with Crippen LogP contribution in [0.15, 0.2) is 53.0 Å². The van der Waals surface area contributed by atoms with Crippen molar-refractivity contribution in [3.8, 4) is 0 Å². The van der Waals surface area contributed by atoms with Crippen molar-refractivity contribution in [3.63, 3.8) is 0 Å². The Morgan fingerprint density at radius 3 is 2.08 bits per heavy atom. The van der Waals surface area contributed by atoms with Gasteiger partial charge in [0.25, 0.3) is 0 Å². The second kappa shape index (κ2) is 3.28. The minimum absolute atomic E-state index is 0.484. The lowest BCUT2D eigenvalue weighted by atomic mass is 10.0. The van der Waals surface area contributed by atoms with Crippen molar-refractivity contribution in [1.82, 2.24) is 0 Å². The maximum atomic E-state index is 3.42. The van der Waals surface area contributed by atoms with Crippen molar-refractivity contribution >= 4 is 15.9 Å². The highest BCUT2D eigenvalue weighted by molar-refractivity contribution is 9.10. The van der Waals surface area contributed by atoms with E-state index in [2.05, 4.69) is 64.5 Å². The van der Waals surface area contributed by atoms with E-state index in [1.165, 1.54) is 5.56 Å². The standard InChI is InChI=1S/C11H9Br/c12-11-7-5-10(6-8-11)9-3-1-2-4-9/h1-9H. The second-order valence-corrected chi connectivity index (χ2v) is 3.76. The zero-order valence-corrected chi connectivity index (χ0v) is 8.16. The smallest absolute Gasteiger partial charge is 0.0204 e. The zero-order valence-electron chi connectivity index (χ0n) is 6.57. The van der Waals surface area contributed by atoms with Gasteiger partial charge in [-0.25, -0.2) is 0 Å². The lowest BCUT2D eigenvalue weighted by molar-refractivity contribution is 1.10. The molecular weight excluding hydrogens is 212 g/mol. The number of allylic oxidation sites excluding steroid dienone is 4. The molecule has 1 heteroatoms. The average Bonchev–Trinajstić information content (AvgIpc) is 2.58. The maximum absolute atomic E-state index is 3.42. The number of benzene rings is 1. The van der Waals surface area contributed by atoms with Crippen LogP contribution in [0.1, 0.15) is 11.5 Å². The Balaban J connectivity index is 2.29. The molecule has 60 valence electrons. The Labute approximate surface area is 80.7 Å². The van der Waals surface area contributed by atoms with E-state index in [1.807, 2.05) is 0 Å². The largest absolute Gasteiger partial charge is 0.0732 e. The Bertz CT molecular complexity index is 307. The monoisotopic (exact) mass is 220 g/mol. The number of hydrogen-bond acceptors (Lipinski definition) is 0. The minimum Gasteiger partial charge on any atom is -0.0732 e. The van der Waals surface area contributed by atoms with Crippen molar-refractivity contribution < 1.29 is 0 Å². The predicted molar refractivity (Wildman–Crippen MR) is 55.2 cm³/mol. The summed E-state index contributed by atoms with van der Waals surface area (Å²) in [6.45, 7) is 0. The van der Waals surface area contributed by atoms with Crippen LogP contribution >= 0.6 is 15.9 Å². The lowest BCUT2D eigenvalue weighted by Gasteiger charge is -2.04. The van der Waals surface area contributed by atoms with Gasteiger partial charge in [-0.1, -0.05) is 52.4 Å². The summed E-state index contributed by atoms with van der Waals surface area (Å²) >= 11 is 3.42. The Morgan fingerprint density at radius 1 is 0.917 bits per heavy atom. The van der Waals surface area contributed by atoms with Crippen LogP contribution in [0.25, 0.3) is 0 Å². The van der Waals surface area contributed by atoms with Gasteiger partial charge in [0, 0.05) is 10.4 Å². The van der Waals surface area contributed by atoms with Crippen molar-refractivity contribution in [2.75, 3.05) is 0 Å². The van der Waals surface area contributed by atoms with Crippen LogP contribution in [0.3, 0.4) is 0 Å². The molecule has 0 atom stereocenters. The Hall–Kier alpha value is -0.820. The molecule has 0 bridgehead atoms. The van der Waals surface area contributed by atoms with Crippen LogP contribution in [0, 0.1) is 0 Å². The van der Waals surface area contributed by atoms with Crippen molar-refractivity contribution in [1.29, 1.82) is 0 Å². The summed E-state index contributed by atoms with van der Waals surface area (Å²) in [5, 5.41) is 0. The predicted octanol–water partition coefficient (Wildman–Crippen LogP) is 3.66. The van der Waals surface area contributed by atoms with Gasteiger partial charge in [0.1, 0.15) is 0 Å². The summed E-state index contributed by atoms with van der Waals surface area (Å²) in [6, 6.07) is 8.45. The average molecular weight is 221 g/mol. The fraction of sp³-hybridized carbons (Fsp3) is 0.0909. The summed E-state index contributed by atoms with van der Waals surface area (Å²) < 4.78 is 1.14. The fourth-order valence-corrected chi connectivity index (χ4v) is 1.60. The minimum atomic E-state index is 0.484. The van der Waals surface area contributed by atoms with E-state index < -0.39 is 0 Å². The normalized spacial score (nSPS) is 15.8. The molecule has 0 N–H and O–H groups in total. The fourth-order valence-electron chi connectivity index (χ4n) is 1.34. The van der Waals surface area contributed by atoms with Crippen molar-refractivity contribution in [2.24, 2.45) is 0 Å². The molecule has 1 aromatic rings. The third kappa shape index (κ3) is 1.51. The molecule has 12 heavy (non-hydrogen) atoms. The van der Waals surface area contributed by atoms with Crippen LogP contribution in [0.2, 0.25) is 0 Å². The third-order valence-electron chi connectivity index (χ3n) is 2.00. The molecule has 0 aliphatic heterocycles. The molecule has 1 aliphatic carbocycles. The maximum Gasteiger partial charge on any atom is 0.0204 e. The Morgan fingerprint density at radius 2 is 1.50 bits per heavy atom. The molecule has 0 saturated carbocycles. The van der Waals surface area contributed by atoms with Crippen molar-refractivity contribution in [3.05, 3.63) is 58.6 Å². The van der Waals surface area contributed by atoms with Gasteiger partial charge in [-0.15, -0.1) is 0 Å². The first-order valence-electron chi connectivity index (χ1n) is 3.97. The summed E-state index contributed by atoms with van der Waals surface area (Å²) in [7, 11) is 0. The Kier molecular flexibility index (Phi) is 2.13. The summed E-state index contributed by atoms with van der Waals surface area (Å²) in [6.07, 6.45) is 8.58. The lowest BCUT2D eigenvalue weighted by Crippen LogP contribution is -1.86. The number of halogens is 1. The van der Waals surface area contributed by atoms with E-state index in [-0.39, 0.29) is 0 Å². The molecule has 0 amide bonds. The molecule has 0 radical (unpaired) electrons. The molecule has 0 saturated heterocycles. The molecule has 0 fully saturated rings. The molecule has 2 rings (SSSR count). The van der Waals surface area contributed by atoms with Gasteiger partial charge in [-0.2, -0.15) is 0 Å². The van der Waals surface area contributed by atoms with E-state index in [0.29, 0.717) is 5.92 Å². The van der Waals surface area contributed by atoms with Crippen LogP contribution < -0.4 is 0 Å². The highest BCUT2D eigenvalue weighted by Crippen LogP contribution is 2.23. The zero-order chi connectivity index (χ0) is 8.39. The topological polar surface area (TPSA) is 0 Å². The molecule has 0 nitrogen and oxygen atoms in total. The van der Waals surface area contributed by atoms with Gasteiger partial charge in [-0.05, 0) is 17.7 Å². The van der Waals surface area contributed by atoms with Gasteiger partial charge in [0.15, 0.2) is 0 Å². The molecule has 0 spiro atoms. The summed E-state index contributed by atoms with van der Waals surface area (Å²) in [5.74, 6) is 0.484. The second-order valence-electron chi connectivity index (χ2n) is 2.85. The van der Waals surface area contributed by atoms with Gasteiger partial charge in [0.05, 0.1) is 0 Å². The first kappa shape index (κ1) is 7.81. The van der Waals surface area contributed by atoms with Gasteiger partial charge >= 0.3 is 0 Å². The van der Waals surface area contributed by atoms with Crippen LogP contribution in [0.4, 0.5) is 0 Å². The molecule has 1 aromatic carbocycles. The third-order valence-corrected chi connectivity index (χ3v) is 2.53. The highest BCUT2D eigenvalue weighted by atomic mass is 79.9. The summed E-state index contributed by atoms with van der Waals surface area (Å²) in [5.41, 5.74) is 1.35. The molecular formula is C11H9Br. The molecule has 0 aromatic heterocycles. The van der Waals surface area contributed by atoms with E-state index >= 15 is 0 Å². The highest BCUT2D eigenvalue weighted by Gasteiger charge is 2.05. The van der Waals surface area contributed by atoms with Gasteiger partial charge in [0.2, 0.25) is 0 Å². The van der Waals surface area contributed by atoms with E-state index in [1.54, 1.807) is 0 Å². The van der Waals surface area contributed by atoms with Crippen LogP contribution in [-0.4, -0.2) is 0 Å². The molecule has 0 unspecified atom stereocenters. The molecule has 0 heterocycles. The van der Waals surface area contributed by atoms with E-state index in [0.717, 1.165) is 4.47 Å². The van der Waals surface area contributed by atoms with E-state index in [4.69, 9.17) is 0 Å². The van der Waals surface area contributed by atoms with Crippen LogP contribution in [0.5, 0.6) is 0 Å². The summed E-state index contributed by atoms with van der Waals surface area (Å²) in [4.78, 5) is 0. The number of rotatable bonds is 1. The first-order valence-corrected chi connectivity index (χ1v) is 4.76. The van der Waals surface area contributed by atoms with Crippen LogP contribution in [-0.2, 0) is 0 Å². The SMILES string of the molecule is Brc1ccc(C2C=CC=C2)cc1. The first-order chi connectivity index (χ1) is 5.86. The quantitative estimate of drug-likeness (QED) is 0.678. The molecule has 1 aliphatic rings. The number of hydrogen-bond donors (Lipinski definition) is 0.